The van der Waals surface area contributed by atoms with Gasteiger partial charge in [0, 0.05) is 32.6 Å². The third-order valence-corrected chi connectivity index (χ3v) is 5.66. The predicted octanol–water partition coefficient (Wildman–Crippen LogP) is 1.95. The normalized spacial score (nSPS) is 27.7. The van der Waals surface area contributed by atoms with Crippen molar-refractivity contribution in [2.45, 2.75) is 44.5 Å². The summed E-state index contributed by atoms with van der Waals surface area (Å²) in [5, 5.41) is 0.409. The van der Waals surface area contributed by atoms with Gasteiger partial charge in [-0.15, -0.1) is 0 Å². The molecule has 0 radical (unpaired) electrons. The molecule has 1 aromatic heterocycles. The Morgan fingerprint density at radius 2 is 2.04 bits per heavy atom. The molecule has 1 aromatic rings. The van der Waals surface area contributed by atoms with E-state index >= 15 is 0 Å². The summed E-state index contributed by atoms with van der Waals surface area (Å²) in [6, 6.07) is 3.82. The largest absolute Gasteiger partial charge is 0.448 e. The summed E-state index contributed by atoms with van der Waals surface area (Å²) in [5.41, 5.74) is 0. The molecule has 2 atom stereocenters. The Labute approximate surface area is 151 Å². The maximum absolute atomic E-state index is 12.3. The molecule has 4 heterocycles. The van der Waals surface area contributed by atoms with E-state index in [1.807, 2.05) is 11.0 Å². The van der Waals surface area contributed by atoms with Crippen LogP contribution in [0.5, 0.6) is 0 Å². The lowest BCUT2D eigenvalue weighted by molar-refractivity contribution is -0.128. The maximum atomic E-state index is 12.3. The van der Waals surface area contributed by atoms with Gasteiger partial charge in [-0.05, 0) is 36.6 Å². The standard InChI is InChI=1S/C17H22ClN3O4/c1-11(22)20-9-14-15(10-20)25-17(23)21(14)12-4-6-19(7-5-12)8-13-2-3-16(18)24-13/h2-3,12,14-15H,4-10H2,1H3/t14-,15+/m1/s1. The van der Waals surface area contributed by atoms with Crippen molar-refractivity contribution in [3.8, 4) is 0 Å². The summed E-state index contributed by atoms with van der Waals surface area (Å²) in [6.45, 7) is 5.17. The van der Waals surface area contributed by atoms with Crippen LogP contribution in [0.25, 0.3) is 0 Å². The highest BCUT2D eigenvalue weighted by Gasteiger charge is 2.50. The molecule has 4 rings (SSSR count). The fourth-order valence-corrected chi connectivity index (χ4v) is 4.32. The molecule has 0 aromatic carbocycles. The molecule has 7 nitrogen and oxygen atoms in total. The summed E-state index contributed by atoms with van der Waals surface area (Å²) >= 11 is 5.82. The minimum atomic E-state index is -0.227. The number of hydrogen-bond donors (Lipinski definition) is 0. The molecule has 136 valence electrons. The highest BCUT2D eigenvalue weighted by molar-refractivity contribution is 6.28. The van der Waals surface area contributed by atoms with Crippen molar-refractivity contribution in [3.05, 3.63) is 23.1 Å². The van der Waals surface area contributed by atoms with Crippen LogP contribution in [0, 0.1) is 0 Å². The van der Waals surface area contributed by atoms with Crippen LogP contribution in [-0.4, -0.2) is 71.1 Å². The minimum Gasteiger partial charge on any atom is -0.448 e. The van der Waals surface area contributed by atoms with Crippen LogP contribution < -0.4 is 0 Å². The van der Waals surface area contributed by atoms with E-state index in [4.69, 9.17) is 20.8 Å². The van der Waals surface area contributed by atoms with E-state index in [9.17, 15) is 9.59 Å². The van der Waals surface area contributed by atoms with Gasteiger partial charge in [-0.3, -0.25) is 14.6 Å². The van der Waals surface area contributed by atoms with Gasteiger partial charge in [0.15, 0.2) is 5.22 Å². The molecular formula is C17H22ClN3O4. The fraction of sp³-hybridized carbons (Fsp3) is 0.647. The lowest BCUT2D eigenvalue weighted by Gasteiger charge is -2.37. The first kappa shape index (κ1) is 16.7. The van der Waals surface area contributed by atoms with E-state index in [2.05, 4.69) is 4.90 Å². The summed E-state index contributed by atoms with van der Waals surface area (Å²) in [6.07, 6.45) is 1.38. The maximum Gasteiger partial charge on any atom is 0.410 e. The highest BCUT2D eigenvalue weighted by Crippen LogP contribution is 2.32. The van der Waals surface area contributed by atoms with E-state index in [0.717, 1.165) is 38.2 Å². The minimum absolute atomic E-state index is 0.00293. The number of nitrogens with zero attached hydrogens (tertiary/aromatic N) is 3. The average Bonchev–Trinajstić information content (AvgIpc) is 3.23. The SMILES string of the molecule is CC(=O)N1C[C@@H]2OC(=O)N(C3CCN(Cc4ccc(Cl)o4)CC3)[C@@H]2C1. The number of halogens is 1. The number of hydrogen-bond acceptors (Lipinski definition) is 5. The molecule has 0 N–H and O–H groups in total. The van der Waals surface area contributed by atoms with Crippen molar-refractivity contribution in [2.75, 3.05) is 26.2 Å². The Bertz CT molecular complexity index is 671. The first-order valence-corrected chi connectivity index (χ1v) is 9.10. The molecule has 3 aliphatic rings. The number of furan rings is 1. The zero-order valence-corrected chi connectivity index (χ0v) is 14.9. The second kappa shape index (κ2) is 6.53. The summed E-state index contributed by atoms with van der Waals surface area (Å²) in [7, 11) is 0. The number of amides is 2. The van der Waals surface area contributed by atoms with Crippen molar-refractivity contribution >= 4 is 23.6 Å². The molecule has 0 bridgehead atoms. The summed E-state index contributed by atoms with van der Waals surface area (Å²) in [4.78, 5) is 29.9. The third-order valence-electron chi connectivity index (χ3n) is 5.46. The predicted molar refractivity (Wildman–Crippen MR) is 90.2 cm³/mol. The Morgan fingerprint density at radius 3 is 2.68 bits per heavy atom. The van der Waals surface area contributed by atoms with Crippen LogP contribution in [0.4, 0.5) is 4.79 Å². The smallest absolute Gasteiger partial charge is 0.410 e. The van der Waals surface area contributed by atoms with Crippen molar-refractivity contribution in [1.82, 2.24) is 14.7 Å². The number of carbonyl (C=O) groups excluding carboxylic acids is 2. The average molecular weight is 368 g/mol. The van der Waals surface area contributed by atoms with Crippen LogP contribution >= 0.6 is 11.6 Å². The first-order chi connectivity index (χ1) is 12.0. The Hall–Kier alpha value is -1.73. The van der Waals surface area contributed by atoms with Gasteiger partial charge in [0.05, 0.1) is 19.1 Å². The van der Waals surface area contributed by atoms with Crippen molar-refractivity contribution in [3.63, 3.8) is 0 Å². The molecule has 3 saturated heterocycles. The lowest BCUT2D eigenvalue weighted by atomic mass is 10.0. The van der Waals surface area contributed by atoms with Crippen molar-refractivity contribution < 1.29 is 18.7 Å². The Kier molecular flexibility index (Phi) is 4.37. The molecule has 0 saturated carbocycles. The highest BCUT2D eigenvalue weighted by atomic mass is 35.5. The van der Waals surface area contributed by atoms with E-state index < -0.39 is 0 Å². The molecule has 3 aliphatic heterocycles. The first-order valence-electron chi connectivity index (χ1n) is 8.72. The zero-order valence-electron chi connectivity index (χ0n) is 14.2. The molecule has 0 spiro atoms. The third kappa shape index (κ3) is 3.22. The van der Waals surface area contributed by atoms with Crippen LogP contribution in [0.3, 0.4) is 0 Å². The van der Waals surface area contributed by atoms with Gasteiger partial charge in [-0.2, -0.15) is 0 Å². The molecular weight excluding hydrogens is 346 g/mol. The zero-order chi connectivity index (χ0) is 17.6. The number of carbonyl (C=O) groups is 2. The second-order valence-electron chi connectivity index (χ2n) is 7.03. The van der Waals surface area contributed by atoms with Gasteiger partial charge in [0.2, 0.25) is 5.91 Å². The van der Waals surface area contributed by atoms with Crippen molar-refractivity contribution in [2.24, 2.45) is 0 Å². The van der Waals surface area contributed by atoms with Crippen LogP contribution in [0.15, 0.2) is 16.5 Å². The van der Waals surface area contributed by atoms with Gasteiger partial charge in [0.25, 0.3) is 0 Å². The lowest BCUT2D eigenvalue weighted by Crippen LogP contribution is -2.50. The number of likely N-dealkylation sites (tertiary alicyclic amines) is 2. The van der Waals surface area contributed by atoms with E-state index in [1.54, 1.807) is 17.9 Å². The number of ether oxygens (including phenoxy) is 1. The topological polar surface area (TPSA) is 66.2 Å². The van der Waals surface area contributed by atoms with Crippen LogP contribution in [0.2, 0.25) is 5.22 Å². The molecule has 0 aliphatic carbocycles. The van der Waals surface area contributed by atoms with E-state index in [0.29, 0.717) is 18.3 Å². The van der Waals surface area contributed by atoms with Crippen molar-refractivity contribution in [1.29, 1.82) is 0 Å². The molecule has 25 heavy (non-hydrogen) atoms. The number of rotatable bonds is 3. The van der Waals surface area contributed by atoms with E-state index in [-0.39, 0.29) is 30.2 Å². The van der Waals surface area contributed by atoms with Crippen LogP contribution in [-0.2, 0) is 16.1 Å². The van der Waals surface area contributed by atoms with E-state index in [1.165, 1.54) is 0 Å². The van der Waals surface area contributed by atoms with Crippen LogP contribution in [0.1, 0.15) is 25.5 Å². The van der Waals surface area contributed by atoms with Gasteiger partial charge < -0.3 is 14.1 Å². The second-order valence-corrected chi connectivity index (χ2v) is 7.41. The van der Waals surface area contributed by atoms with Gasteiger partial charge in [0.1, 0.15) is 11.9 Å². The molecule has 0 unspecified atom stereocenters. The molecule has 2 amide bonds. The summed E-state index contributed by atoms with van der Waals surface area (Å²) in [5.74, 6) is 0.898. The number of fused-ring (bicyclic) bond motifs is 1. The van der Waals surface area contributed by atoms with Gasteiger partial charge in [-0.1, -0.05) is 0 Å². The Morgan fingerprint density at radius 1 is 1.28 bits per heavy atom. The summed E-state index contributed by atoms with van der Waals surface area (Å²) < 4.78 is 10.9. The molecule has 8 heteroatoms. The molecule has 3 fully saturated rings. The number of piperidine rings is 1. The monoisotopic (exact) mass is 367 g/mol. The quantitative estimate of drug-likeness (QED) is 0.817. The van der Waals surface area contributed by atoms with Gasteiger partial charge >= 0.3 is 6.09 Å². The van der Waals surface area contributed by atoms with Gasteiger partial charge in [-0.25, -0.2) is 4.79 Å². The fourth-order valence-electron chi connectivity index (χ4n) is 4.16. The Balaban J connectivity index is 1.35.